The molecule has 48 heavy (non-hydrogen) atoms. The zero-order chi connectivity index (χ0) is 36.2. The largest absolute Gasteiger partial charge is 0.508 e. The standard InChI is InChI=1S/C29H41N7O10S2/c1-4-9-36(14-25(40)34-46)26(41)16-48-35-20(10-17(2)3)27(42)28(43)22(15-47)32-24(39)12-30-23(38)13-31-33-21(29(44)45)11-18-5-7-19(37)8-6-18/h1,5-8,17,20-22,31,33,35,37,46-47H,9-16H2,2-3H3,(H,30,38)(H,32,39)(H,34,40)(H,44,45)/t20-,21-,22-/m0/s1. The summed E-state index contributed by atoms with van der Waals surface area (Å²) < 4.78 is 2.79. The second-order valence-corrected chi connectivity index (χ2v) is 11.8. The summed E-state index contributed by atoms with van der Waals surface area (Å²) in [4.78, 5) is 87.3. The molecule has 3 atom stereocenters. The molecule has 264 valence electrons. The van der Waals surface area contributed by atoms with E-state index in [9.17, 15) is 43.8 Å². The number of phenols is 1. The van der Waals surface area contributed by atoms with Crippen LogP contribution in [0.1, 0.15) is 25.8 Å². The van der Waals surface area contributed by atoms with Crippen LogP contribution in [0.2, 0.25) is 0 Å². The highest BCUT2D eigenvalue weighted by Crippen LogP contribution is 2.13. The number of aliphatic carboxylic acids is 1. The number of ketones is 2. The molecule has 0 heterocycles. The van der Waals surface area contributed by atoms with Gasteiger partial charge in [0, 0.05) is 5.75 Å². The van der Waals surface area contributed by atoms with E-state index in [4.69, 9.17) is 11.6 Å². The molecule has 1 aromatic rings. The molecule has 0 fully saturated rings. The van der Waals surface area contributed by atoms with E-state index in [-0.39, 0.29) is 42.6 Å². The minimum Gasteiger partial charge on any atom is -0.508 e. The average Bonchev–Trinajstić information content (AvgIpc) is 3.04. The van der Waals surface area contributed by atoms with Crippen molar-refractivity contribution < 1.29 is 49.0 Å². The van der Waals surface area contributed by atoms with Crippen LogP contribution in [-0.4, -0.2) is 117 Å². The number of hydrogen-bond donors (Lipinski definition) is 10. The predicted octanol–water partition coefficient (Wildman–Crippen LogP) is -2.23. The molecule has 0 spiro atoms. The maximum atomic E-state index is 13.1. The summed E-state index contributed by atoms with van der Waals surface area (Å²) in [7, 11) is 0. The number of thiol groups is 1. The van der Waals surface area contributed by atoms with Gasteiger partial charge in [-0.1, -0.05) is 43.8 Å². The summed E-state index contributed by atoms with van der Waals surface area (Å²) >= 11 is 4.89. The molecule has 1 rings (SSSR count). The van der Waals surface area contributed by atoms with Crippen molar-refractivity contribution in [2.75, 3.05) is 37.7 Å². The number of nitrogens with zero attached hydrogens (tertiary/aromatic N) is 1. The second kappa shape index (κ2) is 22.4. The lowest BCUT2D eigenvalue weighted by molar-refractivity contribution is -0.140. The number of terminal acetylenes is 1. The molecule has 0 saturated heterocycles. The number of amides is 4. The zero-order valence-corrected chi connectivity index (χ0v) is 28.1. The van der Waals surface area contributed by atoms with Crippen molar-refractivity contribution in [1.82, 2.24) is 36.6 Å². The van der Waals surface area contributed by atoms with Gasteiger partial charge in [-0.25, -0.2) is 16.3 Å². The van der Waals surface area contributed by atoms with Crippen LogP contribution in [0, 0.1) is 18.3 Å². The fraction of sp³-hybridized carbons (Fsp3) is 0.483. The fourth-order valence-corrected chi connectivity index (χ4v) is 4.92. The van der Waals surface area contributed by atoms with Crippen molar-refractivity contribution >= 4 is 65.7 Å². The molecule has 0 aliphatic rings. The van der Waals surface area contributed by atoms with Gasteiger partial charge < -0.3 is 25.7 Å². The Hall–Kier alpha value is -4.19. The van der Waals surface area contributed by atoms with Crippen LogP contribution in [0.3, 0.4) is 0 Å². The first-order chi connectivity index (χ1) is 22.7. The van der Waals surface area contributed by atoms with Crippen LogP contribution in [-0.2, 0) is 40.0 Å². The molecule has 19 heteroatoms. The van der Waals surface area contributed by atoms with Crippen LogP contribution in [0.4, 0.5) is 0 Å². The van der Waals surface area contributed by atoms with E-state index in [2.05, 4.69) is 44.8 Å². The van der Waals surface area contributed by atoms with Crippen molar-refractivity contribution in [2.24, 2.45) is 5.92 Å². The Morgan fingerprint density at radius 2 is 1.60 bits per heavy atom. The van der Waals surface area contributed by atoms with E-state index in [0.717, 1.165) is 16.8 Å². The second-order valence-electron chi connectivity index (χ2n) is 10.6. The lowest BCUT2D eigenvalue weighted by Gasteiger charge is -2.22. The topological polar surface area (TPSA) is 256 Å². The highest BCUT2D eigenvalue weighted by atomic mass is 32.2. The minimum atomic E-state index is -1.33. The van der Waals surface area contributed by atoms with Crippen molar-refractivity contribution in [3.8, 4) is 18.1 Å². The van der Waals surface area contributed by atoms with Gasteiger partial charge in [-0.05, 0) is 36.5 Å². The molecule has 4 amide bonds. The molecule has 0 unspecified atom stereocenters. The summed E-state index contributed by atoms with van der Waals surface area (Å²) in [6.45, 7) is 1.97. The van der Waals surface area contributed by atoms with Gasteiger partial charge in [-0.2, -0.15) is 12.6 Å². The first-order valence-electron chi connectivity index (χ1n) is 14.5. The maximum Gasteiger partial charge on any atom is 0.322 e. The van der Waals surface area contributed by atoms with Crippen molar-refractivity contribution in [1.29, 1.82) is 0 Å². The Bertz CT molecular complexity index is 1320. The van der Waals surface area contributed by atoms with Crippen molar-refractivity contribution in [3.05, 3.63) is 29.8 Å². The Labute approximate surface area is 287 Å². The third-order valence-electron chi connectivity index (χ3n) is 6.26. The first kappa shape index (κ1) is 41.8. The van der Waals surface area contributed by atoms with Crippen LogP contribution in [0.15, 0.2) is 24.3 Å². The van der Waals surface area contributed by atoms with E-state index in [0.29, 0.717) is 5.56 Å². The fourth-order valence-electron chi connectivity index (χ4n) is 3.87. The van der Waals surface area contributed by atoms with Gasteiger partial charge in [0.1, 0.15) is 24.4 Å². The van der Waals surface area contributed by atoms with Gasteiger partial charge in [0.25, 0.3) is 5.91 Å². The van der Waals surface area contributed by atoms with Crippen LogP contribution in [0.25, 0.3) is 0 Å². The molecule has 9 N–H and O–H groups in total. The van der Waals surface area contributed by atoms with Crippen LogP contribution >= 0.6 is 24.6 Å². The number of carboxylic acids is 1. The van der Waals surface area contributed by atoms with Gasteiger partial charge in [0.15, 0.2) is 0 Å². The highest BCUT2D eigenvalue weighted by Gasteiger charge is 2.32. The normalized spacial score (nSPS) is 12.6. The number of carbonyl (C=O) groups excluding carboxylic acids is 6. The summed E-state index contributed by atoms with van der Waals surface area (Å²) in [6, 6.07) is 2.46. The van der Waals surface area contributed by atoms with Gasteiger partial charge in [-0.3, -0.25) is 43.5 Å². The minimum absolute atomic E-state index is 0.0286. The molecule has 0 aliphatic heterocycles. The number of hydroxylamine groups is 1. The van der Waals surface area contributed by atoms with E-state index in [1.807, 2.05) is 13.8 Å². The van der Waals surface area contributed by atoms with E-state index in [1.165, 1.54) is 17.6 Å². The Morgan fingerprint density at radius 3 is 2.17 bits per heavy atom. The summed E-state index contributed by atoms with van der Waals surface area (Å²) in [6.07, 6.45) is 5.48. The van der Waals surface area contributed by atoms with E-state index in [1.54, 1.807) is 12.1 Å². The number of rotatable bonds is 23. The summed E-state index contributed by atoms with van der Waals surface area (Å²) in [5.74, 6) is -4.20. The Kier molecular flexibility index (Phi) is 19.5. The molecule has 0 radical (unpaired) electrons. The molecule has 17 nitrogen and oxygen atoms in total. The molecular formula is C29H41N7O10S2. The van der Waals surface area contributed by atoms with Crippen molar-refractivity contribution in [2.45, 2.75) is 44.8 Å². The van der Waals surface area contributed by atoms with Crippen molar-refractivity contribution in [3.63, 3.8) is 0 Å². The SMILES string of the molecule is C#CCN(CC(=O)NO)C(=O)CSN[C@@H](CC(C)C)C(=O)C(=O)[C@H](CS)NC(=O)CNC(=O)CNN[C@@H](Cc1ccc(O)cc1)C(=O)O. The maximum absolute atomic E-state index is 13.1. The van der Waals surface area contributed by atoms with Gasteiger partial charge in [-0.15, -0.1) is 6.42 Å². The zero-order valence-electron chi connectivity index (χ0n) is 26.4. The quantitative estimate of drug-likeness (QED) is 0.0144. The molecular weight excluding hydrogens is 670 g/mol. The smallest absolute Gasteiger partial charge is 0.322 e. The molecule has 0 saturated carbocycles. The Balaban J connectivity index is 2.64. The molecule has 0 aliphatic carbocycles. The number of benzene rings is 1. The summed E-state index contributed by atoms with van der Waals surface area (Å²) in [5.41, 5.74) is 7.01. The summed E-state index contributed by atoms with van der Waals surface area (Å²) in [5, 5.41) is 32.2. The number of carbonyl (C=O) groups is 7. The number of aromatic hydroxyl groups is 1. The third-order valence-corrected chi connectivity index (χ3v) is 7.47. The lowest BCUT2D eigenvalue weighted by atomic mass is 9.96. The van der Waals surface area contributed by atoms with Gasteiger partial charge >= 0.3 is 5.97 Å². The number of Topliss-reactive ketones (excluding diaryl/α,β-unsaturated/α-hetero) is 2. The predicted molar refractivity (Wildman–Crippen MR) is 177 cm³/mol. The van der Waals surface area contributed by atoms with E-state index >= 15 is 0 Å². The number of hydrazine groups is 1. The molecule has 0 aromatic heterocycles. The monoisotopic (exact) mass is 711 g/mol. The third kappa shape index (κ3) is 16.1. The van der Waals surface area contributed by atoms with Crippen LogP contribution < -0.4 is 31.7 Å². The van der Waals surface area contributed by atoms with Gasteiger partial charge in [0.05, 0.1) is 31.4 Å². The molecule has 0 bridgehead atoms. The molecule has 1 aromatic carbocycles. The Morgan fingerprint density at radius 1 is 0.958 bits per heavy atom. The van der Waals surface area contributed by atoms with Crippen LogP contribution in [0.5, 0.6) is 5.75 Å². The number of hydrogen-bond acceptors (Lipinski definition) is 14. The number of phenolic OH excluding ortho intramolecular Hbond substituents is 1. The average molecular weight is 712 g/mol. The number of nitrogens with one attached hydrogen (secondary N) is 6. The number of carboxylic acid groups (broad SMARTS) is 1. The lowest BCUT2D eigenvalue weighted by Crippen LogP contribution is -2.53. The first-order valence-corrected chi connectivity index (χ1v) is 16.1. The van der Waals surface area contributed by atoms with Gasteiger partial charge in [0.2, 0.25) is 29.3 Å². The highest BCUT2D eigenvalue weighted by molar-refractivity contribution is 7.98. The van der Waals surface area contributed by atoms with E-state index < -0.39 is 78.9 Å².